The Kier molecular flexibility index (Phi) is 5.11. The summed E-state index contributed by atoms with van der Waals surface area (Å²) in [5.41, 5.74) is 1.96. The topological polar surface area (TPSA) is 110 Å². The Morgan fingerprint density at radius 1 is 1.00 bits per heavy atom. The third-order valence-electron chi connectivity index (χ3n) is 3.88. The summed E-state index contributed by atoms with van der Waals surface area (Å²) < 4.78 is 21.8. The van der Waals surface area contributed by atoms with Gasteiger partial charge in [-0.25, -0.2) is 4.79 Å². The fraction of sp³-hybridized carbons (Fsp3) is 0.333. The van der Waals surface area contributed by atoms with Crippen molar-refractivity contribution in [3.8, 4) is 11.7 Å². The highest BCUT2D eigenvalue weighted by Crippen LogP contribution is 2.21. The van der Waals surface area contributed by atoms with Gasteiger partial charge in [0, 0.05) is 29.1 Å². The van der Waals surface area contributed by atoms with E-state index >= 15 is 0 Å². The molecule has 0 N–H and O–H groups in total. The lowest BCUT2D eigenvalue weighted by molar-refractivity contribution is -0.144. The van der Waals surface area contributed by atoms with E-state index in [-0.39, 0.29) is 24.9 Å². The molecule has 0 spiro atoms. The maximum atomic E-state index is 12.4. The molecule has 0 atom stereocenters. The zero-order valence-electron chi connectivity index (χ0n) is 15.4. The van der Waals surface area contributed by atoms with Crippen LogP contribution in [0.1, 0.15) is 33.3 Å². The van der Waals surface area contributed by atoms with E-state index in [9.17, 15) is 9.59 Å². The zero-order chi connectivity index (χ0) is 19.6. The number of carbonyl (C=O) groups is 2. The second-order valence-electron chi connectivity index (χ2n) is 6.06. The van der Waals surface area contributed by atoms with Gasteiger partial charge in [0.25, 0.3) is 5.88 Å². The maximum Gasteiger partial charge on any atom is 0.344 e. The van der Waals surface area contributed by atoms with Crippen LogP contribution in [0.4, 0.5) is 0 Å². The van der Waals surface area contributed by atoms with Crippen molar-refractivity contribution in [3.05, 3.63) is 46.7 Å². The molecule has 3 rings (SSSR count). The van der Waals surface area contributed by atoms with Crippen LogP contribution in [0.2, 0.25) is 0 Å². The number of nitrogens with zero attached hydrogens (tertiary/aromatic N) is 3. The van der Waals surface area contributed by atoms with Crippen molar-refractivity contribution in [3.63, 3.8) is 0 Å². The first-order chi connectivity index (χ1) is 12.8. The predicted octanol–water partition coefficient (Wildman–Crippen LogP) is 2.49. The molecule has 0 aliphatic carbocycles. The Morgan fingerprint density at radius 3 is 2.33 bits per heavy atom. The van der Waals surface area contributed by atoms with E-state index in [2.05, 4.69) is 10.3 Å². The molecule has 27 heavy (non-hydrogen) atoms. The van der Waals surface area contributed by atoms with E-state index in [0.717, 1.165) is 5.69 Å². The van der Waals surface area contributed by atoms with Crippen molar-refractivity contribution >= 4 is 11.8 Å². The molecule has 3 aromatic heterocycles. The largest absolute Gasteiger partial charge is 0.463 e. The van der Waals surface area contributed by atoms with E-state index in [4.69, 9.17) is 18.5 Å². The molecular formula is C18H19N3O6. The Balaban J connectivity index is 1.60. The normalized spacial score (nSPS) is 10.8. The second kappa shape index (κ2) is 7.48. The molecule has 9 nitrogen and oxygen atoms in total. The Bertz CT molecular complexity index is 981. The number of hydrogen-bond donors (Lipinski definition) is 0. The number of carbonyl (C=O) groups excluding carboxylic acids is 2. The highest BCUT2D eigenvalue weighted by Gasteiger charge is 2.19. The van der Waals surface area contributed by atoms with E-state index in [1.165, 1.54) is 0 Å². The fourth-order valence-electron chi connectivity index (χ4n) is 2.67. The van der Waals surface area contributed by atoms with Gasteiger partial charge in [-0.15, -0.1) is 0 Å². The number of Topliss-reactive ketones (excluding diaryl/α,β-unsaturated/α-hetero) is 1. The molecule has 142 valence electrons. The lowest BCUT2D eigenvalue weighted by atomic mass is 10.1. The smallest absolute Gasteiger partial charge is 0.344 e. The second-order valence-corrected chi connectivity index (χ2v) is 6.06. The molecule has 0 radical (unpaired) electrons. The maximum absolute atomic E-state index is 12.4. The first-order valence-corrected chi connectivity index (χ1v) is 8.22. The van der Waals surface area contributed by atoms with Crippen LogP contribution in [-0.2, 0) is 9.53 Å². The average molecular weight is 373 g/mol. The van der Waals surface area contributed by atoms with Gasteiger partial charge in [-0.05, 0) is 38.9 Å². The summed E-state index contributed by atoms with van der Waals surface area (Å²) >= 11 is 0. The number of esters is 1. The van der Waals surface area contributed by atoms with Crippen molar-refractivity contribution in [2.45, 2.75) is 27.7 Å². The van der Waals surface area contributed by atoms with Crippen LogP contribution in [0, 0.1) is 27.7 Å². The first-order valence-electron chi connectivity index (χ1n) is 8.22. The van der Waals surface area contributed by atoms with E-state index in [1.807, 2.05) is 11.5 Å². The third kappa shape index (κ3) is 4.08. The molecule has 0 saturated carbocycles. The predicted molar refractivity (Wildman–Crippen MR) is 92.1 cm³/mol. The van der Waals surface area contributed by atoms with Gasteiger partial charge in [-0.2, -0.15) is 0 Å². The van der Waals surface area contributed by atoms with Crippen molar-refractivity contribution in [2.24, 2.45) is 0 Å². The van der Waals surface area contributed by atoms with Crippen LogP contribution < -0.4 is 4.74 Å². The van der Waals surface area contributed by atoms with Gasteiger partial charge in [0.15, 0.2) is 19.0 Å². The van der Waals surface area contributed by atoms with Crippen LogP contribution in [0.15, 0.2) is 27.2 Å². The monoisotopic (exact) mass is 373 g/mol. The summed E-state index contributed by atoms with van der Waals surface area (Å²) in [6, 6.07) is 5.04. The van der Waals surface area contributed by atoms with Crippen LogP contribution >= 0.6 is 0 Å². The van der Waals surface area contributed by atoms with Gasteiger partial charge in [0.2, 0.25) is 5.78 Å². The van der Waals surface area contributed by atoms with Gasteiger partial charge in [0.1, 0.15) is 11.5 Å². The molecule has 0 amide bonds. The van der Waals surface area contributed by atoms with Crippen molar-refractivity contribution in [2.75, 3.05) is 13.2 Å². The molecule has 0 fully saturated rings. The third-order valence-corrected chi connectivity index (χ3v) is 3.88. The summed E-state index contributed by atoms with van der Waals surface area (Å²) in [5.74, 6) is 1.01. The van der Waals surface area contributed by atoms with Crippen LogP contribution in [0.5, 0.6) is 5.88 Å². The lowest BCUT2D eigenvalue weighted by Crippen LogP contribution is -2.20. The molecule has 0 aromatic carbocycles. The minimum Gasteiger partial charge on any atom is -0.463 e. The Morgan fingerprint density at radius 2 is 1.70 bits per heavy atom. The van der Waals surface area contributed by atoms with Crippen LogP contribution in [0.3, 0.4) is 0 Å². The molecule has 3 heterocycles. The summed E-state index contributed by atoms with van der Waals surface area (Å²) in [4.78, 5) is 24.2. The lowest BCUT2D eigenvalue weighted by Gasteiger charge is -2.06. The van der Waals surface area contributed by atoms with E-state index < -0.39 is 5.97 Å². The SMILES string of the molecule is Cc1cc(OCC(=O)OCC(=O)c2cc(C)n(-c3cc(C)on3)c2C)no1. The standard InChI is InChI=1S/C18H19N3O6/c1-10-5-14(13(4)21(10)16-6-11(2)26-19-16)15(22)8-25-18(23)9-24-17-7-12(3)27-20-17/h5-7H,8-9H2,1-4H3. The summed E-state index contributed by atoms with van der Waals surface area (Å²) in [5, 5.41) is 7.57. The average Bonchev–Trinajstić information content (AvgIpc) is 3.30. The molecule has 9 heteroatoms. The number of ketones is 1. The quantitative estimate of drug-likeness (QED) is 0.459. The summed E-state index contributed by atoms with van der Waals surface area (Å²) in [6.07, 6.45) is 0. The highest BCUT2D eigenvalue weighted by molar-refractivity contribution is 5.99. The van der Waals surface area contributed by atoms with Gasteiger partial charge in [0.05, 0.1) is 0 Å². The highest BCUT2D eigenvalue weighted by atomic mass is 16.6. The van der Waals surface area contributed by atoms with Crippen LogP contribution in [0.25, 0.3) is 5.82 Å². The number of aromatic nitrogens is 3. The summed E-state index contributed by atoms with van der Waals surface area (Å²) in [7, 11) is 0. The summed E-state index contributed by atoms with van der Waals surface area (Å²) in [6.45, 7) is 6.39. The Hall–Kier alpha value is -3.36. The Labute approximate surface area is 154 Å². The van der Waals surface area contributed by atoms with E-state index in [1.54, 1.807) is 39.0 Å². The first kappa shape index (κ1) is 18.4. The minimum absolute atomic E-state index is 0.183. The minimum atomic E-state index is -0.676. The number of ether oxygens (including phenoxy) is 2. The molecule has 0 saturated heterocycles. The van der Waals surface area contributed by atoms with Gasteiger partial charge in [-0.3, -0.25) is 9.36 Å². The molecule has 0 bridgehead atoms. The van der Waals surface area contributed by atoms with Crippen molar-refractivity contribution < 1.29 is 28.1 Å². The molecular weight excluding hydrogens is 354 g/mol. The number of aryl methyl sites for hydroxylation is 3. The van der Waals surface area contributed by atoms with Gasteiger partial charge < -0.3 is 18.5 Å². The molecule has 3 aromatic rings. The number of rotatable bonds is 7. The fourth-order valence-corrected chi connectivity index (χ4v) is 2.67. The van der Waals surface area contributed by atoms with Crippen molar-refractivity contribution in [1.29, 1.82) is 0 Å². The molecule has 0 aliphatic rings. The van der Waals surface area contributed by atoms with E-state index in [0.29, 0.717) is 28.6 Å². The molecule has 0 aliphatic heterocycles. The number of hydrogen-bond acceptors (Lipinski definition) is 8. The van der Waals surface area contributed by atoms with Gasteiger partial charge >= 0.3 is 5.97 Å². The molecule has 0 unspecified atom stereocenters. The zero-order valence-corrected chi connectivity index (χ0v) is 15.4. The van der Waals surface area contributed by atoms with Crippen molar-refractivity contribution in [1.82, 2.24) is 14.9 Å². The van der Waals surface area contributed by atoms with Gasteiger partial charge in [-0.1, -0.05) is 5.16 Å². The van der Waals surface area contributed by atoms with Crippen LogP contribution in [-0.4, -0.2) is 39.8 Å².